The summed E-state index contributed by atoms with van der Waals surface area (Å²) in [4.78, 5) is 1.67. The van der Waals surface area contributed by atoms with E-state index in [0.29, 0.717) is 26.2 Å². The molecule has 2 heterocycles. The molecule has 0 bridgehead atoms. The number of methoxy groups -OCH3 is 1. The number of ether oxygens (including phenoxy) is 1. The summed E-state index contributed by atoms with van der Waals surface area (Å²) in [6, 6.07) is 15.6. The van der Waals surface area contributed by atoms with Gasteiger partial charge in [-0.2, -0.15) is 9.57 Å². The normalized spacial score (nSPS) is 22.9. The molecule has 8 heteroatoms. The topological polar surface area (TPSA) is 83.2 Å². The zero-order chi connectivity index (χ0) is 19.7. The second-order valence-electron chi connectivity index (χ2n) is 6.97. The quantitative estimate of drug-likeness (QED) is 0.759. The summed E-state index contributed by atoms with van der Waals surface area (Å²) < 4.78 is 30.7. The summed E-state index contributed by atoms with van der Waals surface area (Å²) in [6.45, 7) is 2.33. The fourth-order valence-electron chi connectivity index (χ4n) is 3.97. The Kier molecular flexibility index (Phi) is 5.08. The van der Waals surface area contributed by atoms with Crippen molar-refractivity contribution in [2.45, 2.75) is 12.5 Å². The minimum Gasteiger partial charge on any atom is -0.496 e. The molecule has 1 atom stereocenters. The lowest BCUT2D eigenvalue weighted by Gasteiger charge is -2.45. The van der Waals surface area contributed by atoms with Gasteiger partial charge in [0.1, 0.15) is 5.75 Å². The molecule has 0 amide bonds. The van der Waals surface area contributed by atoms with E-state index >= 15 is 0 Å². The highest BCUT2D eigenvalue weighted by molar-refractivity contribution is 8.23. The molecule has 2 aliphatic rings. The summed E-state index contributed by atoms with van der Waals surface area (Å²) in [5, 5.41) is 9.06. The van der Waals surface area contributed by atoms with Crippen LogP contribution in [-0.4, -0.2) is 57.6 Å². The van der Waals surface area contributed by atoms with E-state index in [0.717, 1.165) is 29.0 Å². The molecule has 2 aromatic carbocycles. The Balaban J connectivity index is 1.54. The first-order chi connectivity index (χ1) is 13.5. The molecule has 4 rings (SSSR count). The first kappa shape index (κ1) is 18.9. The molecule has 0 aliphatic carbocycles. The van der Waals surface area contributed by atoms with E-state index in [9.17, 15) is 9.11 Å². The van der Waals surface area contributed by atoms with Crippen LogP contribution in [0.25, 0.3) is 11.1 Å². The van der Waals surface area contributed by atoms with E-state index in [2.05, 4.69) is 6.19 Å². The number of hydrogen-bond donors (Lipinski definition) is 2. The fourth-order valence-corrected chi connectivity index (χ4v) is 5.86. The van der Waals surface area contributed by atoms with Gasteiger partial charge in [-0.15, -0.1) is 0 Å². The van der Waals surface area contributed by atoms with Gasteiger partial charge in [-0.1, -0.05) is 41.3 Å². The van der Waals surface area contributed by atoms with Gasteiger partial charge in [0.15, 0.2) is 6.19 Å². The van der Waals surface area contributed by atoms with Crippen LogP contribution in [0.15, 0.2) is 48.5 Å². The average molecular weight is 401 g/mol. The van der Waals surface area contributed by atoms with Crippen molar-refractivity contribution in [1.82, 2.24) is 9.21 Å². The van der Waals surface area contributed by atoms with Crippen LogP contribution in [0.4, 0.5) is 5.69 Å². The molecule has 2 aliphatic heterocycles. The highest BCUT2D eigenvalue weighted by Crippen LogP contribution is 2.55. The van der Waals surface area contributed by atoms with E-state index in [-0.39, 0.29) is 6.04 Å². The number of nitrogens with zero attached hydrogens (tertiary/aromatic N) is 4. The SMILES string of the molecule is COc1ccccc1-c1ccc(N2CCN(C3CCN(C#N)C3)S2(O)O)cc1. The van der Waals surface area contributed by atoms with Gasteiger partial charge in [-0.3, -0.25) is 13.4 Å². The summed E-state index contributed by atoms with van der Waals surface area (Å²) in [7, 11) is -1.43. The summed E-state index contributed by atoms with van der Waals surface area (Å²) in [5.74, 6) is 0.801. The average Bonchev–Trinajstić information content (AvgIpc) is 3.31. The minimum atomic E-state index is -3.08. The Morgan fingerprint density at radius 3 is 2.50 bits per heavy atom. The molecule has 0 spiro atoms. The van der Waals surface area contributed by atoms with Crippen molar-refractivity contribution in [2.75, 3.05) is 37.6 Å². The maximum atomic E-state index is 10.9. The Morgan fingerprint density at radius 2 is 1.82 bits per heavy atom. The molecule has 1 unspecified atom stereocenters. The van der Waals surface area contributed by atoms with Crippen molar-refractivity contribution in [3.63, 3.8) is 0 Å². The Hall–Kier alpha value is -2.44. The lowest BCUT2D eigenvalue weighted by molar-refractivity contribution is 0.310. The summed E-state index contributed by atoms with van der Waals surface area (Å²) in [5.41, 5.74) is 2.78. The van der Waals surface area contributed by atoms with Gasteiger partial charge in [0.25, 0.3) is 0 Å². The third kappa shape index (κ3) is 3.27. The molecule has 2 fully saturated rings. The Labute approximate surface area is 167 Å². The van der Waals surface area contributed by atoms with Crippen LogP contribution < -0.4 is 9.04 Å². The first-order valence-corrected chi connectivity index (χ1v) is 10.7. The van der Waals surface area contributed by atoms with E-state index in [1.807, 2.05) is 48.5 Å². The van der Waals surface area contributed by atoms with Crippen LogP contribution in [0.1, 0.15) is 6.42 Å². The van der Waals surface area contributed by atoms with Crippen molar-refractivity contribution in [3.05, 3.63) is 48.5 Å². The van der Waals surface area contributed by atoms with Crippen LogP contribution in [0, 0.1) is 11.5 Å². The van der Waals surface area contributed by atoms with E-state index < -0.39 is 11.0 Å². The molecule has 7 nitrogen and oxygen atoms in total. The van der Waals surface area contributed by atoms with Crippen molar-refractivity contribution < 1.29 is 13.8 Å². The second kappa shape index (κ2) is 7.53. The van der Waals surface area contributed by atoms with Crippen LogP contribution in [-0.2, 0) is 0 Å². The van der Waals surface area contributed by atoms with Gasteiger partial charge in [-0.05, 0) is 30.2 Å². The van der Waals surface area contributed by atoms with Gasteiger partial charge in [0.05, 0.1) is 25.4 Å². The minimum absolute atomic E-state index is 0.0116. The Bertz CT molecular complexity index is 884. The highest BCUT2D eigenvalue weighted by Gasteiger charge is 2.43. The zero-order valence-electron chi connectivity index (χ0n) is 15.7. The van der Waals surface area contributed by atoms with Crippen LogP contribution in [0.2, 0.25) is 0 Å². The molecule has 2 N–H and O–H groups in total. The van der Waals surface area contributed by atoms with E-state index in [4.69, 9.17) is 10.00 Å². The van der Waals surface area contributed by atoms with Crippen molar-refractivity contribution in [1.29, 1.82) is 5.26 Å². The molecule has 0 radical (unpaired) electrons. The monoisotopic (exact) mass is 400 g/mol. The number of hydrogen-bond acceptors (Lipinski definition) is 7. The largest absolute Gasteiger partial charge is 0.496 e. The molecule has 148 valence electrons. The number of para-hydroxylation sites is 1. The number of benzene rings is 2. The fraction of sp³-hybridized carbons (Fsp3) is 0.350. The van der Waals surface area contributed by atoms with Crippen LogP contribution in [0.5, 0.6) is 5.75 Å². The van der Waals surface area contributed by atoms with E-state index in [1.165, 1.54) is 0 Å². The van der Waals surface area contributed by atoms with Crippen molar-refractivity contribution >= 4 is 16.6 Å². The maximum Gasteiger partial charge on any atom is 0.179 e. The van der Waals surface area contributed by atoms with Gasteiger partial charge >= 0.3 is 0 Å². The smallest absolute Gasteiger partial charge is 0.179 e. The molecule has 2 saturated heterocycles. The third-order valence-corrected chi connectivity index (χ3v) is 7.51. The molecular weight excluding hydrogens is 376 g/mol. The lowest BCUT2D eigenvalue weighted by atomic mass is 10.0. The number of likely N-dealkylation sites (tertiary alicyclic amines) is 1. The van der Waals surface area contributed by atoms with Gasteiger partial charge in [0.2, 0.25) is 0 Å². The highest BCUT2D eigenvalue weighted by atomic mass is 32.3. The number of nitriles is 1. The van der Waals surface area contributed by atoms with E-state index in [1.54, 1.807) is 20.6 Å². The second-order valence-corrected chi connectivity index (χ2v) is 8.86. The van der Waals surface area contributed by atoms with Crippen LogP contribution in [0.3, 0.4) is 0 Å². The molecule has 2 aromatic rings. The van der Waals surface area contributed by atoms with Crippen molar-refractivity contribution in [3.8, 4) is 23.1 Å². The molecule has 0 saturated carbocycles. The molecule has 28 heavy (non-hydrogen) atoms. The van der Waals surface area contributed by atoms with Crippen molar-refractivity contribution in [2.24, 2.45) is 0 Å². The summed E-state index contributed by atoms with van der Waals surface area (Å²) >= 11 is 0. The molecular formula is C20H24N4O3S. The van der Waals surface area contributed by atoms with Gasteiger partial charge in [-0.25, -0.2) is 0 Å². The third-order valence-electron chi connectivity index (χ3n) is 5.42. The maximum absolute atomic E-state index is 10.9. The standard InChI is InChI=1S/C20H24N4O3S/c1-27-20-5-3-2-4-19(20)16-6-8-17(9-7-16)23-12-13-24(28(23,25)26)18-10-11-22(14-18)15-21/h2-9,18,25-26H,10-14H2,1H3. The number of anilines is 1. The predicted molar refractivity (Wildman–Crippen MR) is 111 cm³/mol. The number of rotatable bonds is 4. The summed E-state index contributed by atoms with van der Waals surface area (Å²) in [6.07, 6.45) is 2.92. The first-order valence-electron chi connectivity index (χ1n) is 9.25. The van der Waals surface area contributed by atoms with Gasteiger partial charge < -0.3 is 9.64 Å². The molecule has 0 aromatic heterocycles. The Morgan fingerprint density at radius 1 is 1.07 bits per heavy atom. The van der Waals surface area contributed by atoms with Gasteiger partial charge in [0, 0.05) is 25.2 Å². The predicted octanol–water partition coefficient (Wildman–Crippen LogP) is 3.62. The zero-order valence-corrected chi connectivity index (χ0v) is 16.5. The lowest BCUT2D eigenvalue weighted by Crippen LogP contribution is -2.38. The van der Waals surface area contributed by atoms with Crippen LogP contribution >= 0.6 is 11.0 Å².